The van der Waals surface area contributed by atoms with Crippen LogP contribution in [-0.2, 0) is 12.4 Å². The molecule has 4 aromatic carbocycles. The van der Waals surface area contributed by atoms with Crippen molar-refractivity contribution < 1.29 is 30.7 Å². The predicted octanol–water partition coefficient (Wildman–Crippen LogP) is 10.4. The molecule has 0 saturated heterocycles. The first kappa shape index (κ1) is 32.8. The molecule has 15 heteroatoms. The number of hydrogen-bond acceptors (Lipinski definition) is 6. The number of para-hydroxylation sites is 1. The molecule has 0 radical (unpaired) electrons. The van der Waals surface area contributed by atoms with Crippen molar-refractivity contribution >= 4 is 33.4 Å². The average Bonchev–Trinajstić information content (AvgIpc) is 3.73. The lowest BCUT2D eigenvalue weighted by molar-refractivity contribution is -0.139. The van der Waals surface area contributed by atoms with Crippen molar-refractivity contribution in [2.45, 2.75) is 24.4 Å². The van der Waals surface area contributed by atoms with Gasteiger partial charge in [0.15, 0.2) is 11.3 Å². The van der Waals surface area contributed by atoms with Gasteiger partial charge >= 0.3 is 12.4 Å². The molecule has 2 atom stereocenters. The maximum absolute atomic E-state index is 15.5. The molecule has 4 N–H and O–H groups in total. The highest BCUT2D eigenvalue weighted by Crippen LogP contribution is 2.49. The predicted molar refractivity (Wildman–Crippen MR) is 191 cm³/mol. The number of halogens is 7. The van der Waals surface area contributed by atoms with Gasteiger partial charge < -0.3 is 20.6 Å². The van der Waals surface area contributed by atoms with Gasteiger partial charge in [-0.25, -0.2) is 4.39 Å². The second kappa shape index (κ2) is 11.6. The summed E-state index contributed by atoms with van der Waals surface area (Å²) in [6.07, 6.45) is -3.51. The summed E-state index contributed by atoms with van der Waals surface area (Å²) in [5.74, 6) is -1.06. The minimum Gasteiger partial charge on any atom is -0.374 e. The van der Waals surface area contributed by atoms with Crippen molar-refractivity contribution in [3.05, 3.63) is 143 Å². The molecular weight excluding hydrogens is 725 g/mol. The number of rotatable bonds is 3. The van der Waals surface area contributed by atoms with E-state index in [4.69, 9.17) is 0 Å². The van der Waals surface area contributed by atoms with Crippen LogP contribution in [0, 0.1) is 5.82 Å². The number of benzene rings is 4. The van der Waals surface area contributed by atoms with Crippen molar-refractivity contribution in [2.75, 3.05) is 10.6 Å². The normalized spacial score (nSPS) is 16.2. The van der Waals surface area contributed by atoms with Gasteiger partial charge in [-0.3, -0.25) is 0 Å². The lowest BCUT2D eigenvalue weighted by Gasteiger charge is -2.24. The number of aromatic amines is 2. The van der Waals surface area contributed by atoms with Gasteiger partial charge in [0.25, 0.3) is 0 Å². The zero-order valence-electron chi connectivity index (χ0n) is 27.9. The van der Waals surface area contributed by atoms with E-state index in [2.05, 4.69) is 41.0 Å². The number of fused-ring (bicyclic) bond motifs is 4. The van der Waals surface area contributed by atoms with E-state index in [1.54, 1.807) is 48.8 Å². The van der Waals surface area contributed by atoms with Gasteiger partial charge in [-0.15, -0.1) is 10.2 Å². The lowest BCUT2D eigenvalue weighted by Crippen LogP contribution is -2.19. The third-order valence-corrected chi connectivity index (χ3v) is 10.4. The minimum absolute atomic E-state index is 0.0155. The molecule has 8 aromatic rings. The Labute approximate surface area is 305 Å². The van der Waals surface area contributed by atoms with Crippen LogP contribution >= 0.6 is 0 Å². The van der Waals surface area contributed by atoms with Crippen LogP contribution in [0.4, 0.5) is 42.1 Å². The smallest absolute Gasteiger partial charge is 0.374 e. The number of anilines is 2. The van der Waals surface area contributed by atoms with Crippen molar-refractivity contribution in [3.63, 3.8) is 0 Å². The zero-order valence-corrected chi connectivity index (χ0v) is 27.9. The van der Waals surface area contributed by atoms with Crippen LogP contribution in [-0.4, -0.2) is 30.4 Å². The van der Waals surface area contributed by atoms with Gasteiger partial charge in [-0.2, -0.15) is 36.5 Å². The summed E-state index contributed by atoms with van der Waals surface area (Å²) < 4.78 is 104. The first-order valence-electron chi connectivity index (χ1n) is 16.9. The average molecular weight is 749 g/mol. The molecule has 0 bridgehead atoms. The highest BCUT2D eigenvalue weighted by Gasteiger charge is 2.40. The van der Waals surface area contributed by atoms with E-state index in [1.807, 2.05) is 12.1 Å². The van der Waals surface area contributed by atoms with E-state index < -0.39 is 46.9 Å². The molecule has 0 spiro atoms. The van der Waals surface area contributed by atoms with E-state index in [0.29, 0.717) is 55.6 Å². The summed E-state index contributed by atoms with van der Waals surface area (Å²) >= 11 is 0. The Morgan fingerprint density at radius 2 is 1.13 bits per heavy atom. The summed E-state index contributed by atoms with van der Waals surface area (Å²) in [5, 5.41) is 24.0. The number of nitrogens with zero attached hydrogens (tertiary/aromatic N) is 4. The topological polar surface area (TPSA) is 107 Å². The number of H-pyrrole nitrogens is 2. The van der Waals surface area contributed by atoms with E-state index in [1.165, 1.54) is 18.5 Å². The number of alkyl halides is 6. The largest absolute Gasteiger partial charge is 0.416 e. The first-order valence-corrected chi connectivity index (χ1v) is 16.9. The second-order valence-corrected chi connectivity index (χ2v) is 13.4. The number of aromatic nitrogens is 6. The fourth-order valence-electron chi connectivity index (χ4n) is 8.03. The van der Waals surface area contributed by atoms with Crippen molar-refractivity contribution in [1.29, 1.82) is 0 Å². The Morgan fingerprint density at radius 3 is 1.84 bits per heavy atom. The zero-order chi connectivity index (χ0) is 37.8. The van der Waals surface area contributed by atoms with Crippen molar-refractivity contribution in [1.82, 2.24) is 30.4 Å². The Balaban J connectivity index is 1.12. The highest BCUT2D eigenvalue weighted by atomic mass is 19.4. The standard InChI is InChI=1S/C40H23F7N8/c41-29-6-3-5-27(39(42,43)44)34(29)36-26-15-49-38-33(26)24(17-51-55-38)22-12-18(9-11-31(22)53-36)19-8-10-21(28(13-19)40(45,46)47)35-25-14-48-37-32(25)23(16-50-54-37)20-4-1-2-7-30(20)52-35/h1-17,35-36,52-53H,(H,48,54)(H,49,55). The van der Waals surface area contributed by atoms with Gasteiger partial charge in [0.05, 0.1) is 35.6 Å². The molecular formula is C40H23F7N8. The Hall–Kier alpha value is -6.77. The minimum atomic E-state index is -4.87. The molecule has 8 nitrogen and oxygen atoms in total. The summed E-state index contributed by atoms with van der Waals surface area (Å²) in [4.78, 5) is 5.99. The fourth-order valence-corrected chi connectivity index (χ4v) is 8.03. The van der Waals surface area contributed by atoms with Gasteiger partial charge in [0, 0.05) is 73.5 Å². The summed E-state index contributed by atoms with van der Waals surface area (Å²) in [7, 11) is 0. The summed E-state index contributed by atoms with van der Waals surface area (Å²) in [6.45, 7) is 0. The molecule has 0 aliphatic carbocycles. The van der Waals surface area contributed by atoms with Crippen LogP contribution < -0.4 is 10.6 Å². The molecule has 4 aromatic heterocycles. The quantitative estimate of drug-likeness (QED) is 0.134. The van der Waals surface area contributed by atoms with Gasteiger partial charge in [0.2, 0.25) is 0 Å². The lowest BCUT2D eigenvalue weighted by atomic mass is 9.90. The molecule has 2 aliphatic rings. The summed E-state index contributed by atoms with van der Waals surface area (Å²) in [5.41, 5.74) is 2.87. The molecule has 272 valence electrons. The highest BCUT2D eigenvalue weighted by molar-refractivity contribution is 6.02. The SMILES string of the molecule is Fc1cccc(C(F)(F)F)c1C1Nc2ccc(-c3ccc(C4Nc5ccccc5-c5cnnc6[nH]cc4c56)c(C(F)(F)F)c3)cc2-c2cnnc3[nH]cc1c23. The maximum Gasteiger partial charge on any atom is 0.416 e. The van der Waals surface area contributed by atoms with E-state index >= 15 is 17.6 Å². The van der Waals surface area contributed by atoms with Crippen LogP contribution in [0.3, 0.4) is 0 Å². The maximum atomic E-state index is 15.5. The van der Waals surface area contributed by atoms with Crippen LogP contribution in [0.2, 0.25) is 0 Å². The third kappa shape index (κ3) is 5.06. The van der Waals surface area contributed by atoms with E-state index in [0.717, 1.165) is 35.4 Å². The van der Waals surface area contributed by atoms with Crippen LogP contribution in [0.5, 0.6) is 0 Å². The van der Waals surface area contributed by atoms with Crippen LogP contribution in [0.1, 0.15) is 45.5 Å². The van der Waals surface area contributed by atoms with Crippen molar-refractivity contribution in [2.24, 2.45) is 0 Å². The molecule has 55 heavy (non-hydrogen) atoms. The number of nitrogens with one attached hydrogen (secondary N) is 4. The van der Waals surface area contributed by atoms with Crippen LogP contribution in [0.25, 0.3) is 55.4 Å². The molecule has 2 aliphatic heterocycles. The van der Waals surface area contributed by atoms with Gasteiger partial charge in [0.1, 0.15) is 5.82 Å². The summed E-state index contributed by atoms with van der Waals surface area (Å²) in [6, 6.07) is 16.8. The molecule has 10 rings (SSSR count). The first-order chi connectivity index (χ1) is 26.5. The molecule has 2 unspecified atom stereocenters. The van der Waals surface area contributed by atoms with Crippen molar-refractivity contribution in [3.8, 4) is 33.4 Å². The Morgan fingerprint density at radius 1 is 0.527 bits per heavy atom. The Bertz CT molecular complexity index is 2860. The molecule has 0 saturated carbocycles. The molecule has 6 heterocycles. The third-order valence-electron chi connectivity index (χ3n) is 10.4. The molecule has 0 amide bonds. The fraction of sp³-hybridized carbons (Fsp3) is 0.100. The second-order valence-electron chi connectivity index (χ2n) is 13.4. The van der Waals surface area contributed by atoms with Gasteiger partial charge in [-0.1, -0.05) is 42.5 Å². The monoisotopic (exact) mass is 748 g/mol. The van der Waals surface area contributed by atoms with E-state index in [-0.39, 0.29) is 16.8 Å². The van der Waals surface area contributed by atoms with Gasteiger partial charge in [-0.05, 0) is 53.1 Å². The number of hydrogen-bond donors (Lipinski definition) is 4. The van der Waals surface area contributed by atoms with Crippen LogP contribution in [0.15, 0.2) is 104 Å². The Kier molecular flexibility index (Phi) is 6.94. The van der Waals surface area contributed by atoms with E-state index in [9.17, 15) is 13.2 Å². The molecule has 0 fully saturated rings.